The molecule has 2 aliphatic rings. The molecule has 0 aliphatic carbocycles. The summed E-state index contributed by atoms with van der Waals surface area (Å²) in [6.45, 7) is 15.4. The predicted octanol–water partition coefficient (Wildman–Crippen LogP) is 4.60. The van der Waals surface area contributed by atoms with Crippen LogP contribution < -0.4 is 0 Å². The summed E-state index contributed by atoms with van der Waals surface area (Å²) in [5.74, 6) is 1.89. The van der Waals surface area contributed by atoms with Crippen LogP contribution in [0.4, 0.5) is 0 Å². The molecule has 0 aromatic carbocycles. The van der Waals surface area contributed by atoms with Crippen molar-refractivity contribution < 1.29 is 8.85 Å². The first-order chi connectivity index (χ1) is 13.1. The maximum atomic E-state index is 6.46. The van der Waals surface area contributed by atoms with Crippen molar-refractivity contribution in [1.82, 2.24) is 9.80 Å². The van der Waals surface area contributed by atoms with Crippen LogP contribution in [0, 0.1) is 11.8 Å². The molecule has 0 saturated carbocycles. The molecule has 0 radical (unpaired) electrons. The van der Waals surface area contributed by atoms with Gasteiger partial charge < -0.3 is 18.7 Å². The van der Waals surface area contributed by atoms with Gasteiger partial charge in [-0.1, -0.05) is 39.5 Å². The highest BCUT2D eigenvalue weighted by Gasteiger charge is 2.42. The third-order valence-corrected chi connectivity index (χ3v) is 10.0. The van der Waals surface area contributed by atoms with Crippen molar-refractivity contribution in [3.8, 4) is 0 Å². The second-order valence-electron chi connectivity index (χ2n) is 8.79. The summed E-state index contributed by atoms with van der Waals surface area (Å²) < 4.78 is 12.9. The van der Waals surface area contributed by atoms with Gasteiger partial charge in [0.25, 0.3) is 0 Å². The lowest BCUT2D eigenvalue weighted by molar-refractivity contribution is 0.113. The number of hydrogen-bond donors (Lipinski definition) is 0. The molecule has 27 heavy (non-hydrogen) atoms. The van der Waals surface area contributed by atoms with Crippen LogP contribution in [0.25, 0.3) is 0 Å². The fourth-order valence-electron chi connectivity index (χ4n) is 5.16. The van der Waals surface area contributed by atoms with Crippen molar-refractivity contribution in [2.24, 2.45) is 11.8 Å². The average Bonchev–Trinajstić information content (AvgIpc) is 2.66. The van der Waals surface area contributed by atoms with E-state index in [1.807, 2.05) is 0 Å². The molecule has 0 unspecified atom stereocenters. The Morgan fingerprint density at radius 2 is 1.04 bits per heavy atom. The summed E-state index contributed by atoms with van der Waals surface area (Å²) in [5, 5.41) is 0. The predicted molar refractivity (Wildman–Crippen MR) is 117 cm³/mol. The van der Waals surface area contributed by atoms with Crippen molar-refractivity contribution in [2.75, 3.05) is 51.7 Å². The molecule has 0 aromatic rings. The van der Waals surface area contributed by atoms with E-state index in [1.165, 1.54) is 77.5 Å². The highest BCUT2D eigenvalue weighted by molar-refractivity contribution is 6.67. The second-order valence-corrected chi connectivity index (χ2v) is 11.8. The Balaban J connectivity index is 1.92. The molecule has 160 valence electrons. The topological polar surface area (TPSA) is 24.9 Å². The van der Waals surface area contributed by atoms with Crippen LogP contribution in [-0.2, 0) is 8.85 Å². The van der Waals surface area contributed by atoms with E-state index in [2.05, 4.69) is 37.5 Å². The zero-order valence-corrected chi connectivity index (χ0v) is 19.7. The Labute approximate surface area is 170 Å². The first kappa shape index (κ1) is 23.3. The average molecular weight is 399 g/mol. The second kappa shape index (κ2) is 12.6. The van der Waals surface area contributed by atoms with E-state index < -0.39 is 8.56 Å². The van der Waals surface area contributed by atoms with Gasteiger partial charge in [0.1, 0.15) is 0 Å². The molecule has 4 nitrogen and oxygen atoms in total. The van der Waals surface area contributed by atoms with E-state index in [4.69, 9.17) is 8.85 Å². The van der Waals surface area contributed by atoms with Gasteiger partial charge in [0.15, 0.2) is 0 Å². The monoisotopic (exact) mass is 398 g/mol. The standard InChI is InChI=1S/C22H46N2O2Si/c1-5-9-21-11-15-23(16-12-21)19-27(25-7-3,26-8-4)20-24-17-13-22(10-6-2)14-18-24/h21-22H,5-20H2,1-4H3. The van der Waals surface area contributed by atoms with E-state index >= 15 is 0 Å². The molecule has 2 fully saturated rings. The van der Waals surface area contributed by atoms with Gasteiger partial charge in [-0.05, 0) is 77.5 Å². The van der Waals surface area contributed by atoms with Crippen LogP contribution in [0.1, 0.15) is 79.1 Å². The molecule has 0 bridgehead atoms. The highest BCUT2D eigenvalue weighted by Crippen LogP contribution is 2.26. The largest absolute Gasteiger partial charge is 0.393 e. The minimum absolute atomic E-state index is 0.783. The van der Waals surface area contributed by atoms with Crippen molar-refractivity contribution in [1.29, 1.82) is 0 Å². The number of nitrogens with zero attached hydrogens (tertiary/aromatic N) is 2. The number of hydrogen-bond acceptors (Lipinski definition) is 4. The number of piperidine rings is 2. The van der Waals surface area contributed by atoms with Crippen LogP contribution in [-0.4, -0.2) is 70.1 Å². The van der Waals surface area contributed by atoms with Gasteiger partial charge >= 0.3 is 8.56 Å². The zero-order valence-electron chi connectivity index (χ0n) is 18.7. The smallest absolute Gasteiger partial charge is 0.367 e. The fraction of sp³-hybridized carbons (Fsp3) is 1.00. The Bertz CT molecular complexity index is 345. The first-order valence-corrected chi connectivity index (χ1v) is 14.1. The van der Waals surface area contributed by atoms with E-state index in [9.17, 15) is 0 Å². The van der Waals surface area contributed by atoms with Gasteiger partial charge in [0, 0.05) is 25.5 Å². The third kappa shape index (κ3) is 7.77. The lowest BCUT2D eigenvalue weighted by atomic mass is 9.93. The summed E-state index contributed by atoms with van der Waals surface area (Å²) in [6.07, 6.45) is 13.0. The molecule has 2 rings (SSSR count). The number of likely N-dealkylation sites (tertiary alicyclic amines) is 2. The zero-order chi connectivity index (χ0) is 19.5. The Morgan fingerprint density at radius 1 is 0.667 bits per heavy atom. The van der Waals surface area contributed by atoms with E-state index in [1.54, 1.807) is 0 Å². The minimum atomic E-state index is -2.20. The molecule has 0 spiro atoms. The molecular formula is C22H46N2O2Si. The molecule has 0 atom stereocenters. The quantitative estimate of drug-likeness (QED) is 0.448. The fourth-order valence-corrected chi connectivity index (χ4v) is 8.76. The SMILES string of the molecule is CCCC1CCN(C[Si](CN2CCC(CCC)CC2)(OCC)OCC)CC1. The molecular weight excluding hydrogens is 352 g/mol. The van der Waals surface area contributed by atoms with Crippen molar-refractivity contribution >= 4 is 8.56 Å². The Hall–Kier alpha value is 0.0569. The molecule has 0 aromatic heterocycles. The summed E-state index contributed by atoms with van der Waals surface area (Å²) in [6, 6.07) is 0. The van der Waals surface area contributed by atoms with Gasteiger partial charge in [-0.25, -0.2) is 0 Å². The molecule has 2 aliphatic heterocycles. The van der Waals surface area contributed by atoms with E-state index in [0.29, 0.717) is 0 Å². The summed E-state index contributed by atoms with van der Waals surface area (Å²) in [4.78, 5) is 5.32. The van der Waals surface area contributed by atoms with Crippen LogP contribution in [0.5, 0.6) is 0 Å². The van der Waals surface area contributed by atoms with Gasteiger partial charge in [0.2, 0.25) is 0 Å². The van der Waals surface area contributed by atoms with Crippen molar-refractivity contribution in [3.05, 3.63) is 0 Å². The first-order valence-electron chi connectivity index (χ1n) is 11.9. The molecule has 2 saturated heterocycles. The van der Waals surface area contributed by atoms with Crippen molar-refractivity contribution in [3.63, 3.8) is 0 Å². The molecule has 0 N–H and O–H groups in total. The lowest BCUT2D eigenvalue weighted by Gasteiger charge is -2.42. The molecule has 2 heterocycles. The normalized spacial score (nSPS) is 21.8. The number of rotatable bonds is 12. The van der Waals surface area contributed by atoms with Crippen molar-refractivity contribution in [2.45, 2.75) is 79.1 Å². The summed E-state index contributed by atoms with van der Waals surface area (Å²) in [7, 11) is -2.20. The highest BCUT2D eigenvalue weighted by atomic mass is 28.4. The van der Waals surface area contributed by atoms with Crippen LogP contribution >= 0.6 is 0 Å². The maximum absolute atomic E-state index is 6.46. The summed E-state index contributed by atoms with van der Waals surface area (Å²) >= 11 is 0. The van der Waals surface area contributed by atoms with E-state index in [-0.39, 0.29) is 0 Å². The van der Waals surface area contributed by atoms with Gasteiger partial charge in [-0.15, -0.1) is 0 Å². The third-order valence-electron chi connectivity index (χ3n) is 6.55. The van der Waals surface area contributed by atoms with Crippen LogP contribution in [0.3, 0.4) is 0 Å². The summed E-state index contributed by atoms with van der Waals surface area (Å²) in [5.41, 5.74) is 0. The van der Waals surface area contributed by atoms with Gasteiger partial charge in [-0.3, -0.25) is 0 Å². The molecule has 0 amide bonds. The Morgan fingerprint density at radius 3 is 1.33 bits per heavy atom. The molecule has 5 heteroatoms. The van der Waals surface area contributed by atoms with Gasteiger partial charge in [-0.2, -0.15) is 0 Å². The maximum Gasteiger partial charge on any atom is 0.367 e. The Kier molecular flexibility index (Phi) is 10.9. The van der Waals surface area contributed by atoms with E-state index in [0.717, 1.165) is 37.4 Å². The van der Waals surface area contributed by atoms with Crippen LogP contribution in [0.2, 0.25) is 0 Å². The minimum Gasteiger partial charge on any atom is -0.393 e. The van der Waals surface area contributed by atoms with Crippen LogP contribution in [0.15, 0.2) is 0 Å². The lowest BCUT2D eigenvalue weighted by Crippen LogP contribution is -2.61. The van der Waals surface area contributed by atoms with Gasteiger partial charge in [0.05, 0.1) is 0 Å².